The van der Waals surface area contributed by atoms with Gasteiger partial charge in [0.05, 0.1) is 0 Å². The maximum atomic E-state index is 3.42. The predicted octanol–water partition coefficient (Wildman–Crippen LogP) is 0.905. The average Bonchev–Trinajstić information content (AvgIpc) is 2.88. The molecule has 16 heavy (non-hydrogen) atoms. The molecule has 0 radical (unpaired) electrons. The highest BCUT2D eigenvalue weighted by atomic mass is 15.3. The molecule has 2 heterocycles. The second kappa shape index (κ2) is 4.28. The molecule has 3 nitrogen and oxygen atoms in total. The Labute approximate surface area is 99.2 Å². The minimum atomic E-state index is 0.741. The van der Waals surface area contributed by atoms with Gasteiger partial charge in [-0.3, -0.25) is 9.80 Å². The van der Waals surface area contributed by atoms with Gasteiger partial charge in [0.1, 0.15) is 0 Å². The van der Waals surface area contributed by atoms with E-state index in [0.29, 0.717) is 0 Å². The molecule has 3 rings (SSSR count). The van der Waals surface area contributed by atoms with E-state index in [4.69, 9.17) is 0 Å². The molecule has 2 saturated heterocycles. The van der Waals surface area contributed by atoms with Gasteiger partial charge >= 0.3 is 0 Å². The van der Waals surface area contributed by atoms with Crippen molar-refractivity contribution in [3.63, 3.8) is 0 Å². The first-order valence-corrected chi connectivity index (χ1v) is 6.95. The van der Waals surface area contributed by atoms with Gasteiger partial charge in [0.25, 0.3) is 0 Å². The van der Waals surface area contributed by atoms with E-state index >= 15 is 0 Å². The van der Waals surface area contributed by atoms with E-state index in [0.717, 1.165) is 24.2 Å². The van der Waals surface area contributed by atoms with Crippen LogP contribution in [-0.4, -0.2) is 60.6 Å². The normalized spacial score (nSPS) is 42.0. The van der Waals surface area contributed by atoms with Crippen LogP contribution in [0.3, 0.4) is 0 Å². The second-order valence-electron chi connectivity index (χ2n) is 5.94. The number of rotatable bonds is 3. The van der Waals surface area contributed by atoms with Crippen molar-refractivity contribution < 1.29 is 0 Å². The Morgan fingerprint density at radius 3 is 2.50 bits per heavy atom. The van der Waals surface area contributed by atoms with Crippen LogP contribution in [0.5, 0.6) is 0 Å². The summed E-state index contributed by atoms with van der Waals surface area (Å²) in [5.74, 6) is 0. The smallest absolute Gasteiger partial charge is 0.0238 e. The van der Waals surface area contributed by atoms with E-state index in [2.05, 4.69) is 29.1 Å². The molecule has 1 N–H and O–H groups in total. The molecule has 3 fully saturated rings. The molecule has 92 valence electrons. The van der Waals surface area contributed by atoms with Gasteiger partial charge in [-0.2, -0.15) is 0 Å². The molecule has 0 aromatic carbocycles. The largest absolute Gasteiger partial charge is 0.316 e. The van der Waals surface area contributed by atoms with Crippen molar-refractivity contribution in [1.29, 1.82) is 0 Å². The quantitative estimate of drug-likeness (QED) is 0.767. The number of hydrogen-bond acceptors (Lipinski definition) is 3. The molecular formula is C13H25N3. The zero-order valence-electron chi connectivity index (χ0n) is 10.7. The summed E-state index contributed by atoms with van der Waals surface area (Å²) >= 11 is 0. The van der Waals surface area contributed by atoms with Gasteiger partial charge in [-0.05, 0) is 39.7 Å². The van der Waals surface area contributed by atoms with E-state index < -0.39 is 0 Å². The second-order valence-corrected chi connectivity index (χ2v) is 5.94. The summed E-state index contributed by atoms with van der Waals surface area (Å²) in [5.41, 5.74) is 0. The van der Waals surface area contributed by atoms with Crippen molar-refractivity contribution in [2.75, 3.05) is 26.7 Å². The minimum Gasteiger partial charge on any atom is -0.316 e. The van der Waals surface area contributed by atoms with Crippen LogP contribution in [-0.2, 0) is 0 Å². The van der Waals surface area contributed by atoms with Crippen molar-refractivity contribution in [1.82, 2.24) is 15.1 Å². The fourth-order valence-electron chi connectivity index (χ4n) is 3.56. The third kappa shape index (κ3) is 2.01. The van der Waals surface area contributed by atoms with Crippen molar-refractivity contribution in [2.45, 2.75) is 56.8 Å². The van der Waals surface area contributed by atoms with Crippen molar-refractivity contribution in [2.24, 2.45) is 0 Å². The summed E-state index contributed by atoms with van der Waals surface area (Å²) in [5, 5.41) is 3.42. The van der Waals surface area contributed by atoms with Crippen LogP contribution in [0.25, 0.3) is 0 Å². The van der Waals surface area contributed by atoms with Crippen LogP contribution < -0.4 is 5.32 Å². The molecule has 2 aliphatic heterocycles. The summed E-state index contributed by atoms with van der Waals surface area (Å²) in [7, 11) is 2.10. The first kappa shape index (κ1) is 11.0. The van der Waals surface area contributed by atoms with Crippen molar-refractivity contribution in [3.05, 3.63) is 0 Å². The lowest BCUT2D eigenvalue weighted by Crippen LogP contribution is -2.38. The third-order valence-corrected chi connectivity index (χ3v) is 4.76. The van der Waals surface area contributed by atoms with Gasteiger partial charge < -0.3 is 5.32 Å². The minimum absolute atomic E-state index is 0.741. The highest BCUT2D eigenvalue weighted by Crippen LogP contribution is 2.35. The molecule has 3 aliphatic rings. The molecule has 3 atom stereocenters. The van der Waals surface area contributed by atoms with Gasteiger partial charge in [0.15, 0.2) is 0 Å². The van der Waals surface area contributed by atoms with Crippen LogP contribution in [0.1, 0.15) is 32.6 Å². The Bertz CT molecular complexity index is 252. The number of likely N-dealkylation sites (tertiary alicyclic amines) is 2. The molecule has 0 aromatic heterocycles. The van der Waals surface area contributed by atoms with E-state index in [1.54, 1.807) is 0 Å². The zero-order valence-corrected chi connectivity index (χ0v) is 10.7. The monoisotopic (exact) mass is 223 g/mol. The number of nitrogens with one attached hydrogen (secondary N) is 1. The summed E-state index contributed by atoms with van der Waals surface area (Å²) < 4.78 is 0. The topological polar surface area (TPSA) is 18.5 Å². The Morgan fingerprint density at radius 2 is 1.88 bits per heavy atom. The maximum absolute atomic E-state index is 3.42. The summed E-state index contributed by atoms with van der Waals surface area (Å²) in [6.45, 7) is 6.33. The summed E-state index contributed by atoms with van der Waals surface area (Å²) in [6.07, 6.45) is 5.64. The van der Waals surface area contributed by atoms with Crippen molar-refractivity contribution in [3.8, 4) is 0 Å². The molecule has 3 unspecified atom stereocenters. The zero-order chi connectivity index (χ0) is 11.1. The van der Waals surface area contributed by atoms with Crippen molar-refractivity contribution >= 4 is 0 Å². The maximum Gasteiger partial charge on any atom is 0.0238 e. The van der Waals surface area contributed by atoms with Crippen LogP contribution in [0, 0.1) is 0 Å². The fraction of sp³-hybridized carbons (Fsp3) is 1.00. The predicted molar refractivity (Wildman–Crippen MR) is 66.6 cm³/mol. The lowest BCUT2D eigenvalue weighted by Gasteiger charge is -2.24. The SMILES string of the molecule is CNC1CCN(C2CC(C)N(C3CC3)C2)C1. The summed E-state index contributed by atoms with van der Waals surface area (Å²) in [4.78, 5) is 5.48. The van der Waals surface area contributed by atoms with E-state index in [1.807, 2.05) is 0 Å². The van der Waals surface area contributed by atoms with E-state index in [-0.39, 0.29) is 0 Å². The van der Waals surface area contributed by atoms with Crippen LogP contribution in [0.4, 0.5) is 0 Å². The Kier molecular flexibility index (Phi) is 2.94. The fourth-order valence-corrected chi connectivity index (χ4v) is 3.56. The molecule has 1 saturated carbocycles. The first-order valence-electron chi connectivity index (χ1n) is 6.95. The Balaban J connectivity index is 1.56. The average molecular weight is 223 g/mol. The van der Waals surface area contributed by atoms with Gasteiger partial charge in [-0.25, -0.2) is 0 Å². The molecule has 0 aromatic rings. The highest BCUT2D eigenvalue weighted by molar-refractivity contribution is 4.98. The molecule has 3 heteroatoms. The lowest BCUT2D eigenvalue weighted by molar-refractivity contribution is 0.217. The Hall–Kier alpha value is -0.120. The van der Waals surface area contributed by atoms with Gasteiger partial charge in [0, 0.05) is 43.8 Å². The van der Waals surface area contributed by atoms with E-state index in [9.17, 15) is 0 Å². The number of nitrogens with zero attached hydrogens (tertiary/aromatic N) is 2. The Morgan fingerprint density at radius 1 is 1.06 bits per heavy atom. The molecule has 1 aliphatic carbocycles. The van der Waals surface area contributed by atoms with E-state index in [1.165, 1.54) is 45.3 Å². The third-order valence-electron chi connectivity index (χ3n) is 4.76. The van der Waals surface area contributed by atoms with Crippen LogP contribution >= 0.6 is 0 Å². The standard InChI is InChI=1S/C13H25N3/c1-10-7-13(9-16(10)12-3-4-12)15-6-5-11(8-15)14-2/h10-14H,3-9H2,1-2H3. The molecule has 0 amide bonds. The van der Waals surface area contributed by atoms with Gasteiger partial charge in [-0.15, -0.1) is 0 Å². The van der Waals surface area contributed by atoms with Gasteiger partial charge in [0.2, 0.25) is 0 Å². The number of hydrogen-bond donors (Lipinski definition) is 1. The highest BCUT2D eigenvalue weighted by Gasteiger charge is 2.41. The molecule has 0 spiro atoms. The number of likely N-dealkylation sites (N-methyl/N-ethyl adjacent to an activating group) is 1. The van der Waals surface area contributed by atoms with Crippen LogP contribution in [0.2, 0.25) is 0 Å². The summed E-state index contributed by atoms with van der Waals surface area (Å²) in [6, 6.07) is 3.35. The molecule has 0 bridgehead atoms. The van der Waals surface area contributed by atoms with Gasteiger partial charge in [-0.1, -0.05) is 0 Å². The van der Waals surface area contributed by atoms with Crippen LogP contribution in [0.15, 0.2) is 0 Å². The first-order chi connectivity index (χ1) is 7.78. The molecular weight excluding hydrogens is 198 g/mol. The lowest BCUT2D eigenvalue weighted by atomic mass is 10.2.